The Morgan fingerprint density at radius 3 is 1.83 bits per heavy atom. The van der Waals surface area contributed by atoms with Gasteiger partial charge in [0.05, 0.1) is 5.25 Å². The minimum Gasteiger partial charge on any atom is -0.313 e. The first-order valence-electron chi connectivity index (χ1n) is 6.67. The van der Waals surface area contributed by atoms with Gasteiger partial charge in [-0.3, -0.25) is 0 Å². The van der Waals surface area contributed by atoms with Gasteiger partial charge in [0.25, 0.3) is 0 Å². The largest absolute Gasteiger partial charge is 0.313 e. The molecule has 1 saturated carbocycles. The average molecular weight is 276 g/mol. The maximum atomic E-state index is 12.2. The van der Waals surface area contributed by atoms with E-state index in [2.05, 4.69) is 37.7 Å². The van der Waals surface area contributed by atoms with Crippen molar-refractivity contribution in [1.82, 2.24) is 10.0 Å². The third kappa shape index (κ3) is 2.89. The van der Waals surface area contributed by atoms with E-state index in [0.717, 1.165) is 0 Å². The first-order chi connectivity index (χ1) is 7.93. The Morgan fingerprint density at radius 1 is 1.06 bits per heavy atom. The summed E-state index contributed by atoms with van der Waals surface area (Å²) in [4.78, 5) is 0. The molecule has 0 aromatic rings. The molecule has 0 spiro atoms. The van der Waals surface area contributed by atoms with Crippen LogP contribution in [0, 0.1) is 10.8 Å². The molecule has 1 rings (SSSR count). The van der Waals surface area contributed by atoms with Crippen LogP contribution in [0.25, 0.3) is 0 Å². The van der Waals surface area contributed by atoms with Crippen LogP contribution in [-0.2, 0) is 10.0 Å². The van der Waals surface area contributed by atoms with E-state index >= 15 is 0 Å². The van der Waals surface area contributed by atoms with Crippen molar-refractivity contribution in [3.05, 3.63) is 0 Å². The minimum atomic E-state index is -3.25. The number of hydrogen-bond acceptors (Lipinski definition) is 3. The zero-order valence-corrected chi connectivity index (χ0v) is 13.5. The zero-order valence-electron chi connectivity index (χ0n) is 12.7. The second-order valence-electron chi connectivity index (χ2n) is 6.91. The van der Waals surface area contributed by atoms with Crippen molar-refractivity contribution >= 4 is 10.0 Å². The molecule has 108 valence electrons. The molecule has 1 aliphatic rings. The molecule has 0 radical (unpaired) electrons. The molecular formula is C13H28N2O2S. The van der Waals surface area contributed by atoms with Crippen LogP contribution < -0.4 is 10.0 Å². The summed E-state index contributed by atoms with van der Waals surface area (Å²) in [5.74, 6) is 0. The summed E-state index contributed by atoms with van der Waals surface area (Å²) in [6, 6.07) is 0.341. The highest BCUT2D eigenvalue weighted by atomic mass is 32.2. The summed E-state index contributed by atoms with van der Waals surface area (Å²) < 4.78 is 27.3. The Kier molecular flexibility index (Phi) is 4.21. The molecular weight excluding hydrogens is 248 g/mol. The average Bonchev–Trinajstić information content (AvgIpc) is 2.56. The van der Waals surface area contributed by atoms with Gasteiger partial charge in [-0.05, 0) is 17.8 Å². The van der Waals surface area contributed by atoms with Crippen molar-refractivity contribution in [3.63, 3.8) is 0 Å². The van der Waals surface area contributed by atoms with E-state index in [1.165, 1.54) is 0 Å². The van der Waals surface area contributed by atoms with Crippen molar-refractivity contribution in [3.8, 4) is 0 Å². The molecule has 0 saturated heterocycles. The standard InChI is InChI=1S/C13H28N2O2S/c1-9(2)14-8-10(3)18(16,17)15-11-12(4,5)13(11,6)7/h9-11,14-15H,8H2,1-7H3. The quantitative estimate of drug-likeness (QED) is 0.777. The van der Waals surface area contributed by atoms with Gasteiger partial charge >= 0.3 is 0 Å². The van der Waals surface area contributed by atoms with Gasteiger partial charge in [0.15, 0.2) is 0 Å². The minimum absolute atomic E-state index is 0.0330. The summed E-state index contributed by atoms with van der Waals surface area (Å²) in [5.41, 5.74) is 0.0660. The molecule has 0 aromatic heterocycles. The number of hydrogen-bond donors (Lipinski definition) is 2. The van der Waals surface area contributed by atoms with Gasteiger partial charge in [-0.25, -0.2) is 13.1 Å². The molecule has 18 heavy (non-hydrogen) atoms. The highest BCUT2D eigenvalue weighted by molar-refractivity contribution is 7.90. The Labute approximate surface area is 112 Å². The van der Waals surface area contributed by atoms with Crippen molar-refractivity contribution in [1.29, 1.82) is 0 Å². The van der Waals surface area contributed by atoms with Gasteiger partial charge in [-0.15, -0.1) is 0 Å². The van der Waals surface area contributed by atoms with E-state index < -0.39 is 15.3 Å². The predicted octanol–water partition coefficient (Wildman–Crippen LogP) is 1.73. The monoisotopic (exact) mass is 276 g/mol. The van der Waals surface area contributed by atoms with E-state index in [1.807, 2.05) is 13.8 Å². The van der Waals surface area contributed by atoms with Crippen LogP contribution >= 0.6 is 0 Å². The first-order valence-corrected chi connectivity index (χ1v) is 8.22. The lowest BCUT2D eigenvalue weighted by molar-refractivity contribution is 0.457. The third-order valence-corrected chi connectivity index (χ3v) is 6.44. The van der Waals surface area contributed by atoms with E-state index in [0.29, 0.717) is 12.6 Å². The van der Waals surface area contributed by atoms with Gasteiger partial charge in [-0.1, -0.05) is 41.5 Å². The summed E-state index contributed by atoms with van der Waals surface area (Å²) in [6.07, 6.45) is 0. The molecule has 1 fully saturated rings. The maximum Gasteiger partial charge on any atom is 0.215 e. The molecule has 2 N–H and O–H groups in total. The van der Waals surface area contributed by atoms with Crippen molar-refractivity contribution < 1.29 is 8.42 Å². The van der Waals surface area contributed by atoms with E-state index in [4.69, 9.17) is 0 Å². The van der Waals surface area contributed by atoms with Gasteiger partial charge in [-0.2, -0.15) is 0 Å². The second kappa shape index (κ2) is 4.76. The third-order valence-electron chi connectivity index (χ3n) is 4.65. The molecule has 4 nitrogen and oxygen atoms in total. The smallest absolute Gasteiger partial charge is 0.215 e. The molecule has 1 unspecified atom stereocenters. The van der Waals surface area contributed by atoms with Crippen LogP contribution in [0.5, 0.6) is 0 Å². The van der Waals surface area contributed by atoms with Crippen LogP contribution in [0.2, 0.25) is 0 Å². The molecule has 1 aliphatic carbocycles. The van der Waals surface area contributed by atoms with Crippen LogP contribution in [0.3, 0.4) is 0 Å². The maximum absolute atomic E-state index is 12.2. The van der Waals surface area contributed by atoms with Crippen LogP contribution in [0.1, 0.15) is 48.5 Å². The van der Waals surface area contributed by atoms with Crippen molar-refractivity contribution in [2.24, 2.45) is 10.8 Å². The summed E-state index contributed by atoms with van der Waals surface area (Å²) >= 11 is 0. The molecule has 5 heteroatoms. The fourth-order valence-corrected chi connectivity index (χ4v) is 3.75. The van der Waals surface area contributed by atoms with Crippen LogP contribution in [-0.4, -0.2) is 32.3 Å². The topological polar surface area (TPSA) is 58.2 Å². The second-order valence-corrected chi connectivity index (χ2v) is 9.04. The lowest BCUT2D eigenvalue weighted by Gasteiger charge is -2.17. The van der Waals surface area contributed by atoms with E-state index in [1.54, 1.807) is 6.92 Å². The van der Waals surface area contributed by atoms with Gasteiger partial charge in [0, 0.05) is 18.6 Å². The summed E-state index contributed by atoms with van der Waals surface area (Å²) in [5, 5.41) is 2.76. The number of sulfonamides is 1. The van der Waals surface area contributed by atoms with Crippen LogP contribution in [0.4, 0.5) is 0 Å². The lowest BCUT2D eigenvalue weighted by Crippen LogP contribution is -2.42. The van der Waals surface area contributed by atoms with Gasteiger partial charge in [0.2, 0.25) is 10.0 Å². The Balaban J connectivity index is 2.62. The lowest BCUT2D eigenvalue weighted by atomic mass is 10.0. The number of rotatable bonds is 6. The summed E-state index contributed by atoms with van der Waals surface area (Å²) in [6.45, 7) is 14.7. The first kappa shape index (κ1) is 15.9. The molecule has 0 amide bonds. The van der Waals surface area contributed by atoms with E-state index in [9.17, 15) is 8.42 Å². The fraction of sp³-hybridized carbons (Fsp3) is 1.00. The Bertz CT molecular complexity index is 385. The Morgan fingerprint density at radius 2 is 1.50 bits per heavy atom. The normalized spacial score (nSPS) is 24.2. The molecule has 1 atom stereocenters. The highest BCUT2D eigenvalue weighted by Crippen LogP contribution is 2.62. The highest BCUT2D eigenvalue weighted by Gasteiger charge is 2.66. The molecule has 0 bridgehead atoms. The Hall–Kier alpha value is -0.130. The number of nitrogens with one attached hydrogen (secondary N) is 2. The van der Waals surface area contributed by atoms with E-state index in [-0.39, 0.29) is 16.9 Å². The zero-order chi connectivity index (χ0) is 14.4. The SMILES string of the molecule is CC(C)NCC(C)S(=O)(=O)NC1C(C)(C)C1(C)C. The van der Waals surface area contributed by atoms with Crippen LogP contribution in [0.15, 0.2) is 0 Å². The molecule has 0 aliphatic heterocycles. The molecule has 0 heterocycles. The van der Waals surface area contributed by atoms with Crippen molar-refractivity contribution in [2.75, 3.05) is 6.54 Å². The van der Waals surface area contributed by atoms with Gasteiger partial charge < -0.3 is 5.32 Å². The summed E-state index contributed by atoms with van der Waals surface area (Å²) in [7, 11) is -3.25. The fourth-order valence-electron chi connectivity index (χ4n) is 2.28. The van der Waals surface area contributed by atoms with Crippen molar-refractivity contribution in [2.45, 2.75) is 65.8 Å². The van der Waals surface area contributed by atoms with Gasteiger partial charge in [0.1, 0.15) is 0 Å². The molecule has 0 aromatic carbocycles. The predicted molar refractivity (Wildman–Crippen MR) is 76.0 cm³/mol.